The first kappa shape index (κ1) is 17.0. The second kappa shape index (κ2) is 7.64. The first-order valence-electron chi connectivity index (χ1n) is 8.19. The van der Waals surface area contributed by atoms with Crippen LogP contribution in [0.4, 0.5) is 0 Å². The van der Waals surface area contributed by atoms with Gasteiger partial charge in [0.25, 0.3) is 0 Å². The molecule has 2 heteroatoms. The minimum atomic E-state index is -0.204. The van der Waals surface area contributed by atoms with Gasteiger partial charge in [-0.2, -0.15) is 0 Å². The topological polar surface area (TPSA) is 32.3 Å². The Hall–Kier alpha value is -0.0800. The summed E-state index contributed by atoms with van der Waals surface area (Å²) in [5.41, 5.74) is 0.216. The van der Waals surface area contributed by atoms with Crippen molar-refractivity contribution in [3.05, 3.63) is 0 Å². The Kier molecular flexibility index (Phi) is 6.82. The Labute approximate surface area is 120 Å². The summed E-state index contributed by atoms with van der Waals surface area (Å²) < 4.78 is 0. The van der Waals surface area contributed by atoms with Crippen LogP contribution in [0.2, 0.25) is 0 Å². The van der Waals surface area contributed by atoms with Crippen LogP contribution >= 0.6 is 0 Å². The predicted molar refractivity (Wildman–Crippen MR) is 83.3 cm³/mol. The quantitative estimate of drug-likeness (QED) is 0.740. The maximum Gasteiger partial charge on any atom is 0.0669 e. The van der Waals surface area contributed by atoms with Gasteiger partial charge in [0, 0.05) is 12.6 Å². The van der Waals surface area contributed by atoms with E-state index in [1.165, 1.54) is 32.1 Å². The van der Waals surface area contributed by atoms with Crippen LogP contribution in [0.25, 0.3) is 0 Å². The van der Waals surface area contributed by atoms with Gasteiger partial charge in [0.2, 0.25) is 0 Å². The lowest BCUT2D eigenvalue weighted by Gasteiger charge is -2.25. The molecular weight excluding hydrogens is 234 g/mol. The minimum Gasteiger partial charge on any atom is -0.392 e. The highest BCUT2D eigenvalue weighted by molar-refractivity contribution is 4.78. The lowest BCUT2D eigenvalue weighted by atomic mass is 9.88. The van der Waals surface area contributed by atoms with E-state index in [9.17, 15) is 5.11 Å². The van der Waals surface area contributed by atoms with E-state index in [1.54, 1.807) is 0 Å². The molecule has 1 saturated carbocycles. The second-order valence-corrected chi connectivity index (χ2v) is 8.04. The van der Waals surface area contributed by atoms with Crippen LogP contribution in [0.5, 0.6) is 0 Å². The fourth-order valence-electron chi connectivity index (χ4n) is 3.28. The smallest absolute Gasteiger partial charge is 0.0669 e. The van der Waals surface area contributed by atoms with E-state index < -0.39 is 0 Å². The van der Waals surface area contributed by atoms with Crippen molar-refractivity contribution in [1.82, 2.24) is 5.32 Å². The molecule has 2 nitrogen and oxygen atoms in total. The predicted octanol–water partition coefficient (Wildman–Crippen LogP) is 3.98. The summed E-state index contributed by atoms with van der Waals surface area (Å²) in [5.74, 6) is 1.73. The number of rotatable bonds is 5. The third kappa shape index (κ3) is 7.31. The van der Waals surface area contributed by atoms with E-state index in [0.717, 1.165) is 24.8 Å². The summed E-state index contributed by atoms with van der Waals surface area (Å²) in [6, 6.07) is 0.623. The van der Waals surface area contributed by atoms with Crippen molar-refractivity contribution in [3.63, 3.8) is 0 Å². The third-order valence-electron chi connectivity index (χ3n) is 4.45. The van der Waals surface area contributed by atoms with Crippen LogP contribution in [-0.4, -0.2) is 23.8 Å². The fourth-order valence-corrected chi connectivity index (χ4v) is 3.28. The Bertz CT molecular complexity index is 244. The standard InChI is InChI=1S/C17H35NO/c1-13(2)14-7-6-8-15(10-9-14)18-12-16(19)11-17(3,4)5/h13-16,18-19H,6-12H2,1-5H3. The summed E-state index contributed by atoms with van der Waals surface area (Å²) in [6.45, 7) is 12.0. The molecule has 19 heavy (non-hydrogen) atoms. The third-order valence-corrected chi connectivity index (χ3v) is 4.45. The zero-order valence-electron chi connectivity index (χ0n) is 13.7. The lowest BCUT2D eigenvalue weighted by molar-refractivity contribution is 0.115. The Balaban J connectivity index is 2.26. The van der Waals surface area contributed by atoms with Crippen LogP contribution in [0.1, 0.15) is 73.1 Å². The molecule has 1 aliphatic rings. The minimum absolute atomic E-state index is 0.204. The summed E-state index contributed by atoms with van der Waals surface area (Å²) in [6.07, 6.45) is 7.32. The van der Waals surface area contributed by atoms with Crippen molar-refractivity contribution in [1.29, 1.82) is 0 Å². The van der Waals surface area contributed by atoms with E-state index in [4.69, 9.17) is 0 Å². The number of nitrogens with one attached hydrogen (secondary N) is 1. The summed E-state index contributed by atoms with van der Waals surface area (Å²) in [4.78, 5) is 0. The first-order valence-corrected chi connectivity index (χ1v) is 8.19. The molecule has 1 fully saturated rings. The molecule has 3 atom stereocenters. The Morgan fingerprint density at radius 3 is 2.37 bits per heavy atom. The van der Waals surface area contributed by atoms with E-state index in [1.807, 2.05) is 0 Å². The van der Waals surface area contributed by atoms with Gasteiger partial charge in [-0.05, 0) is 42.9 Å². The lowest BCUT2D eigenvalue weighted by Crippen LogP contribution is -2.36. The maximum absolute atomic E-state index is 10.1. The molecule has 0 aliphatic heterocycles. The average Bonchev–Trinajstić information content (AvgIpc) is 2.49. The number of hydrogen-bond donors (Lipinski definition) is 2. The first-order chi connectivity index (χ1) is 8.78. The molecule has 0 spiro atoms. The van der Waals surface area contributed by atoms with Gasteiger partial charge in [-0.3, -0.25) is 0 Å². The highest BCUT2D eigenvalue weighted by atomic mass is 16.3. The highest BCUT2D eigenvalue weighted by Gasteiger charge is 2.22. The zero-order chi connectivity index (χ0) is 14.5. The largest absolute Gasteiger partial charge is 0.392 e. The average molecular weight is 269 g/mol. The number of aliphatic hydroxyl groups excluding tert-OH is 1. The second-order valence-electron chi connectivity index (χ2n) is 8.04. The maximum atomic E-state index is 10.1. The number of aliphatic hydroxyl groups is 1. The molecule has 1 aliphatic carbocycles. The van der Waals surface area contributed by atoms with Gasteiger partial charge in [-0.15, -0.1) is 0 Å². The van der Waals surface area contributed by atoms with E-state index in [-0.39, 0.29) is 11.5 Å². The fraction of sp³-hybridized carbons (Fsp3) is 1.00. The molecular formula is C17H35NO. The molecule has 0 heterocycles. The molecule has 2 N–H and O–H groups in total. The molecule has 0 radical (unpaired) electrons. The van der Waals surface area contributed by atoms with E-state index >= 15 is 0 Å². The normalized spacial score (nSPS) is 27.3. The summed E-state index contributed by atoms with van der Waals surface area (Å²) in [5, 5.41) is 13.7. The molecule has 3 unspecified atom stereocenters. The van der Waals surface area contributed by atoms with Crippen molar-refractivity contribution in [2.75, 3.05) is 6.54 Å². The highest BCUT2D eigenvalue weighted by Crippen LogP contribution is 2.29. The van der Waals surface area contributed by atoms with Gasteiger partial charge in [-0.1, -0.05) is 47.5 Å². The zero-order valence-corrected chi connectivity index (χ0v) is 13.7. The van der Waals surface area contributed by atoms with Crippen molar-refractivity contribution in [2.24, 2.45) is 17.3 Å². The van der Waals surface area contributed by atoms with Crippen molar-refractivity contribution in [2.45, 2.75) is 85.3 Å². The van der Waals surface area contributed by atoms with Gasteiger partial charge in [0.15, 0.2) is 0 Å². The number of hydrogen-bond acceptors (Lipinski definition) is 2. The van der Waals surface area contributed by atoms with Crippen LogP contribution in [0, 0.1) is 17.3 Å². The van der Waals surface area contributed by atoms with Gasteiger partial charge in [0.05, 0.1) is 6.10 Å². The monoisotopic (exact) mass is 269 g/mol. The SMILES string of the molecule is CC(C)C1CCCC(NCC(O)CC(C)(C)C)CC1. The molecule has 0 bridgehead atoms. The van der Waals surface area contributed by atoms with Crippen molar-refractivity contribution >= 4 is 0 Å². The molecule has 114 valence electrons. The molecule has 1 rings (SSSR count). The Morgan fingerprint density at radius 1 is 1.11 bits per heavy atom. The van der Waals surface area contributed by atoms with Gasteiger partial charge < -0.3 is 10.4 Å². The van der Waals surface area contributed by atoms with Crippen LogP contribution < -0.4 is 5.32 Å². The van der Waals surface area contributed by atoms with Crippen LogP contribution in [0.3, 0.4) is 0 Å². The van der Waals surface area contributed by atoms with Crippen molar-refractivity contribution < 1.29 is 5.11 Å². The van der Waals surface area contributed by atoms with Crippen LogP contribution in [-0.2, 0) is 0 Å². The summed E-state index contributed by atoms with van der Waals surface area (Å²) in [7, 11) is 0. The van der Waals surface area contributed by atoms with Gasteiger partial charge in [0.1, 0.15) is 0 Å². The molecule has 0 amide bonds. The van der Waals surface area contributed by atoms with E-state index in [0.29, 0.717) is 6.04 Å². The van der Waals surface area contributed by atoms with Crippen LogP contribution in [0.15, 0.2) is 0 Å². The van der Waals surface area contributed by atoms with Crippen molar-refractivity contribution in [3.8, 4) is 0 Å². The van der Waals surface area contributed by atoms with E-state index in [2.05, 4.69) is 39.9 Å². The molecule has 0 saturated heterocycles. The van der Waals surface area contributed by atoms with Gasteiger partial charge in [-0.25, -0.2) is 0 Å². The molecule has 0 aromatic heterocycles. The molecule has 0 aromatic carbocycles. The molecule has 0 aromatic rings. The Morgan fingerprint density at radius 2 is 1.79 bits per heavy atom. The summed E-state index contributed by atoms with van der Waals surface area (Å²) >= 11 is 0. The van der Waals surface area contributed by atoms with Gasteiger partial charge >= 0.3 is 0 Å².